The van der Waals surface area contributed by atoms with E-state index in [0.29, 0.717) is 0 Å². The molecule has 0 aliphatic heterocycles. The monoisotopic (exact) mass is 499 g/mol. The van der Waals surface area contributed by atoms with Crippen LogP contribution >= 0.6 is 0 Å². The molecule has 0 N–H and O–H groups in total. The fourth-order valence-electron chi connectivity index (χ4n) is 4.45. The van der Waals surface area contributed by atoms with Crippen molar-refractivity contribution >= 4 is 8.78 Å². The molecule has 0 amide bonds. The fraction of sp³-hybridized carbons (Fsp3) is 0.346. The molecule has 0 radical (unpaired) electrons. The molecule has 0 bridgehead atoms. The van der Waals surface area contributed by atoms with Crippen LogP contribution in [0.15, 0.2) is 42.5 Å². The molecule has 2 aromatic carbocycles. The van der Waals surface area contributed by atoms with Crippen LogP contribution < -0.4 is 24.8 Å². The Morgan fingerprint density at radius 3 is 2.28 bits per heavy atom. The minimum absolute atomic E-state index is 0. The summed E-state index contributed by atoms with van der Waals surface area (Å²) in [7, 11) is 0. The van der Waals surface area contributed by atoms with Gasteiger partial charge in [-0.05, 0) is 18.4 Å². The SMILES string of the molecule is Cc1c(C2=CC=CC2)[c-]c2c(c1C)-c1ccccc1C2.[Cl-].[Cl-].[Zr+2]=[C]1CCCCC1. The van der Waals surface area contributed by atoms with Gasteiger partial charge in [0.05, 0.1) is 0 Å². The van der Waals surface area contributed by atoms with Gasteiger partial charge in [-0.15, -0.1) is 40.0 Å². The zero-order valence-corrected chi connectivity index (χ0v) is 21.2. The molecule has 150 valence electrons. The van der Waals surface area contributed by atoms with Crippen LogP contribution in [0.2, 0.25) is 0 Å². The van der Waals surface area contributed by atoms with Gasteiger partial charge in [-0.1, -0.05) is 61.4 Å². The summed E-state index contributed by atoms with van der Waals surface area (Å²) in [5.74, 6) is 0. The number of hydrogen-bond donors (Lipinski definition) is 0. The number of benzene rings is 2. The number of allylic oxidation sites excluding steroid dienone is 4. The zero-order chi connectivity index (χ0) is 18.8. The van der Waals surface area contributed by atoms with Crippen LogP contribution in [-0.2, 0) is 30.7 Å². The Hall–Kier alpha value is -0.747. The number of rotatable bonds is 1. The third-order valence-corrected chi connectivity index (χ3v) is 7.32. The maximum atomic E-state index is 3.71. The van der Waals surface area contributed by atoms with E-state index in [9.17, 15) is 0 Å². The average Bonchev–Trinajstić information content (AvgIpc) is 3.33. The Morgan fingerprint density at radius 1 is 0.931 bits per heavy atom. The van der Waals surface area contributed by atoms with Crippen LogP contribution in [0, 0.1) is 19.9 Å². The summed E-state index contributed by atoms with van der Waals surface area (Å²) in [5.41, 5.74) is 11.2. The molecule has 1 fully saturated rings. The van der Waals surface area contributed by atoms with Gasteiger partial charge in [0.1, 0.15) is 0 Å². The van der Waals surface area contributed by atoms with Gasteiger partial charge in [0, 0.05) is 0 Å². The van der Waals surface area contributed by atoms with Crippen molar-refractivity contribution in [1.29, 1.82) is 0 Å². The first-order valence-corrected chi connectivity index (χ1v) is 11.4. The third-order valence-electron chi connectivity index (χ3n) is 6.09. The molecule has 0 spiro atoms. The van der Waals surface area contributed by atoms with Crippen LogP contribution in [0.5, 0.6) is 0 Å². The quantitative estimate of drug-likeness (QED) is 0.431. The molecule has 1 saturated carbocycles. The fourth-order valence-corrected chi connectivity index (χ4v) is 5.32. The molecular formula is C26H27Cl2Zr-. The van der Waals surface area contributed by atoms with Crippen molar-refractivity contribution in [1.82, 2.24) is 0 Å². The van der Waals surface area contributed by atoms with Gasteiger partial charge < -0.3 is 24.8 Å². The first-order chi connectivity index (χ1) is 13.1. The Labute approximate surface area is 203 Å². The third kappa shape index (κ3) is 5.30. The molecule has 3 heteroatoms. The van der Waals surface area contributed by atoms with E-state index < -0.39 is 0 Å². The second-order valence-corrected chi connectivity index (χ2v) is 9.66. The average molecular weight is 502 g/mol. The van der Waals surface area contributed by atoms with Crippen LogP contribution in [0.25, 0.3) is 16.7 Å². The Bertz CT molecular complexity index is 945. The molecule has 0 aromatic heterocycles. The standard InChI is InChI=1S/C20H17.C6H10.2ClH.Zr/c1-13-14(2)20-17(11-16-9-5-6-10-18(16)20)12-19(13)15-7-3-4-8-15;1-2-4-6-5-3-1;;;/h3-7,9-10H,8,11H2,1-2H3;1-5H2;2*1H;/q-1;;;;+2/p-2. The summed E-state index contributed by atoms with van der Waals surface area (Å²) in [4.78, 5) is 0. The van der Waals surface area contributed by atoms with Crippen molar-refractivity contribution in [2.75, 3.05) is 0 Å². The predicted octanol–water partition coefficient (Wildman–Crippen LogP) is 0.696. The van der Waals surface area contributed by atoms with E-state index in [4.69, 9.17) is 0 Å². The Kier molecular flexibility index (Phi) is 9.33. The molecule has 0 unspecified atom stereocenters. The normalized spacial score (nSPS) is 16.0. The first kappa shape index (κ1) is 24.5. The van der Waals surface area contributed by atoms with Gasteiger partial charge in [0.25, 0.3) is 0 Å². The van der Waals surface area contributed by atoms with Gasteiger partial charge in [-0.3, -0.25) is 0 Å². The van der Waals surface area contributed by atoms with Crippen molar-refractivity contribution in [2.45, 2.75) is 58.8 Å². The van der Waals surface area contributed by atoms with Crippen molar-refractivity contribution in [3.63, 3.8) is 0 Å². The molecular weight excluding hydrogens is 474 g/mol. The molecule has 0 atom stereocenters. The molecule has 0 saturated heterocycles. The molecule has 2 aromatic rings. The summed E-state index contributed by atoms with van der Waals surface area (Å²) in [6.07, 6.45) is 16.0. The van der Waals surface area contributed by atoms with Crippen molar-refractivity contribution in [3.05, 3.63) is 76.4 Å². The first-order valence-electron chi connectivity index (χ1n) is 10.2. The van der Waals surface area contributed by atoms with E-state index in [2.05, 4.69) is 62.4 Å². The topological polar surface area (TPSA) is 0 Å². The summed E-state index contributed by atoms with van der Waals surface area (Å²) >= 11 is 1.69. The van der Waals surface area contributed by atoms with Gasteiger partial charge in [0.2, 0.25) is 0 Å². The molecule has 3 aliphatic rings. The van der Waals surface area contributed by atoms with E-state index in [1.54, 1.807) is 27.4 Å². The van der Waals surface area contributed by atoms with Gasteiger partial charge in [0.15, 0.2) is 0 Å². The molecule has 3 aliphatic carbocycles. The van der Waals surface area contributed by atoms with Crippen LogP contribution in [0.4, 0.5) is 0 Å². The maximum absolute atomic E-state index is 3.71. The summed E-state index contributed by atoms with van der Waals surface area (Å²) in [6.45, 7) is 4.50. The van der Waals surface area contributed by atoms with Crippen LogP contribution in [0.1, 0.15) is 66.3 Å². The van der Waals surface area contributed by atoms with E-state index >= 15 is 0 Å². The number of halogens is 2. The van der Waals surface area contributed by atoms with Gasteiger partial charge in [-0.2, -0.15) is 0 Å². The van der Waals surface area contributed by atoms with E-state index in [0.717, 1.165) is 12.8 Å². The molecule has 5 rings (SSSR count). The van der Waals surface area contributed by atoms with E-state index in [1.807, 2.05) is 0 Å². The van der Waals surface area contributed by atoms with Crippen molar-refractivity contribution < 1.29 is 49.0 Å². The van der Waals surface area contributed by atoms with Crippen LogP contribution in [-0.4, -0.2) is 3.21 Å². The molecule has 29 heavy (non-hydrogen) atoms. The second kappa shape index (κ2) is 11.0. The Morgan fingerprint density at radius 2 is 1.66 bits per heavy atom. The zero-order valence-electron chi connectivity index (χ0n) is 17.2. The van der Waals surface area contributed by atoms with E-state index in [-0.39, 0.29) is 24.8 Å². The Balaban J connectivity index is 0.000000287. The molecule has 0 heterocycles. The summed E-state index contributed by atoms with van der Waals surface area (Å²) in [5, 5.41) is 0. The number of fused-ring (bicyclic) bond motifs is 3. The van der Waals surface area contributed by atoms with Crippen molar-refractivity contribution in [3.8, 4) is 11.1 Å². The predicted molar refractivity (Wildman–Crippen MR) is 113 cm³/mol. The summed E-state index contributed by atoms with van der Waals surface area (Å²) < 4.78 is 1.80. The second-order valence-electron chi connectivity index (χ2n) is 7.93. The van der Waals surface area contributed by atoms with Crippen molar-refractivity contribution in [2.24, 2.45) is 0 Å². The van der Waals surface area contributed by atoms with Gasteiger partial charge >= 0.3 is 59.5 Å². The molecule has 0 nitrogen and oxygen atoms in total. The van der Waals surface area contributed by atoms with Crippen LogP contribution in [0.3, 0.4) is 0 Å². The van der Waals surface area contributed by atoms with E-state index in [1.165, 1.54) is 76.6 Å². The minimum atomic E-state index is 0. The number of hydrogen-bond acceptors (Lipinski definition) is 0. The summed E-state index contributed by atoms with van der Waals surface area (Å²) in [6, 6.07) is 12.5. The van der Waals surface area contributed by atoms with Gasteiger partial charge in [-0.25, -0.2) is 0 Å².